The summed E-state index contributed by atoms with van der Waals surface area (Å²) in [6, 6.07) is 4.18. The van der Waals surface area contributed by atoms with Gasteiger partial charge in [0, 0.05) is 30.8 Å². The molecule has 0 saturated carbocycles. The van der Waals surface area contributed by atoms with Crippen LogP contribution in [0.3, 0.4) is 0 Å². The Morgan fingerprint density at radius 3 is 3.05 bits per heavy atom. The van der Waals surface area contributed by atoms with Gasteiger partial charge in [-0.25, -0.2) is 4.39 Å². The van der Waals surface area contributed by atoms with Crippen LogP contribution in [0.4, 0.5) is 4.39 Å². The average Bonchev–Trinajstić information content (AvgIpc) is 2.42. The summed E-state index contributed by atoms with van der Waals surface area (Å²) < 4.78 is 19.0. The first-order chi connectivity index (χ1) is 9.16. The molecule has 1 atom stereocenters. The van der Waals surface area contributed by atoms with E-state index in [4.69, 9.17) is 10.5 Å². The number of carbonyl (C=O) groups is 1. The van der Waals surface area contributed by atoms with Gasteiger partial charge in [0.2, 0.25) is 5.91 Å². The van der Waals surface area contributed by atoms with E-state index in [9.17, 15) is 9.18 Å². The maximum absolute atomic E-state index is 13.6. The normalized spacial score (nSPS) is 19.3. The molecule has 1 aromatic rings. The Labute approximate surface area is 112 Å². The molecule has 1 amide bonds. The van der Waals surface area contributed by atoms with E-state index in [0.29, 0.717) is 23.6 Å². The highest BCUT2D eigenvalue weighted by Crippen LogP contribution is 2.13. The molecule has 1 saturated heterocycles. The van der Waals surface area contributed by atoms with Gasteiger partial charge in [-0.05, 0) is 37.0 Å². The Hall–Kier alpha value is -1.46. The third kappa shape index (κ3) is 4.01. The summed E-state index contributed by atoms with van der Waals surface area (Å²) in [5.74, 6) is -0.379. The van der Waals surface area contributed by atoms with Crippen LogP contribution in [0.2, 0.25) is 0 Å². The predicted octanol–water partition coefficient (Wildman–Crippen LogP) is 1.44. The van der Waals surface area contributed by atoms with Crippen molar-refractivity contribution in [3.8, 4) is 0 Å². The van der Waals surface area contributed by atoms with Crippen LogP contribution in [0, 0.1) is 11.7 Å². The summed E-state index contributed by atoms with van der Waals surface area (Å²) in [6.07, 6.45) is 2.22. The second-order valence-electron chi connectivity index (χ2n) is 4.88. The van der Waals surface area contributed by atoms with Gasteiger partial charge in [0.15, 0.2) is 0 Å². The van der Waals surface area contributed by atoms with Gasteiger partial charge >= 0.3 is 0 Å². The molecule has 0 aliphatic carbocycles. The highest BCUT2D eigenvalue weighted by Gasteiger charge is 2.13. The molecule has 2 rings (SSSR count). The quantitative estimate of drug-likeness (QED) is 0.847. The third-order valence-electron chi connectivity index (χ3n) is 3.33. The van der Waals surface area contributed by atoms with Gasteiger partial charge in [-0.15, -0.1) is 0 Å². The summed E-state index contributed by atoms with van der Waals surface area (Å²) in [7, 11) is 0. The number of ether oxygens (including phenoxy) is 1. The lowest BCUT2D eigenvalue weighted by Crippen LogP contribution is -2.29. The zero-order valence-corrected chi connectivity index (χ0v) is 10.8. The van der Waals surface area contributed by atoms with Gasteiger partial charge in [-0.1, -0.05) is 0 Å². The van der Waals surface area contributed by atoms with Crippen molar-refractivity contribution in [1.29, 1.82) is 0 Å². The van der Waals surface area contributed by atoms with Crippen molar-refractivity contribution in [2.24, 2.45) is 11.7 Å². The molecular weight excluding hydrogens is 247 g/mol. The van der Waals surface area contributed by atoms with Crippen LogP contribution in [-0.2, 0) is 11.3 Å². The molecule has 1 heterocycles. The SMILES string of the molecule is NC(=O)c1ccc(F)c(CNCC2CCCOC2)c1. The molecule has 104 valence electrons. The van der Waals surface area contributed by atoms with Gasteiger partial charge in [0.25, 0.3) is 0 Å². The van der Waals surface area contributed by atoms with E-state index in [2.05, 4.69) is 5.32 Å². The largest absolute Gasteiger partial charge is 0.381 e. The van der Waals surface area contributed by atoms with Crippen LogP contribution in [0.15, 0.2) is 18.2 Å². The van der Waals surface area contributed by atoms with E-state index < -0.39 is 5.91 Å². The van der Waals surface area contributed by atoms with Crippen LogP contribution >= 0.6 is 0 Å². The fourth-order valence-corrected chi connectivity index (χ4v) is 2.24. The van der Waals surface area contributed by atoms with E-state index in [-0.39, 0.29) is 5.82 Å². The average molecular weight is 266 g/mol. The zero-order chi connectivity index (χ0) is 13.7. The number of hydrogen-bond acceptors (Lipinski definition) is 3. The Balaban J connectivity index is 1.87. The van der Waals surface area contributed by atoms with E-state index in [1.54, 1.807) is 0 Å². The van der Waals surface area contributed by atoms with Crippen LogP contribution < -0.4 is 11.1 Å². The first-order valence-electron chi connectivity index (χ1n) is 6.53. The lowest BCUT2D eigenvalue weighted by atomic mass is 10.0. The standard InChI is InChI=1S/C14H19FN2O2/c15-13-4-3-11(14(16)18)6-12(13)8-17-7-10-2-1-5-19-9-10/h3-4,6,10,17H,1-2,5,7-9H2,(H2,16,18). The third-order valence-corrected chi connectivity index (χ3v) is 3.33. The molecule has 1 fully saturated rings. The number of nitrogens with two attached hydrogens (primary N) is 1. The van der Waals surface area contributed by atoms with Gasteiger partial charge in [-0.2, -0.15) is 0 Å². The number of rotatable bonds is 5. The summed E-state index contributed by atoms with van der Waals surface area (Å²) >= 11 is 0. The van der Waals surface area contributed by atoms with Crippen molar-refractivity contribution < 1.29 is 13.9 Å². The van der Waals surface area contributed by atoms with Crippen molar-refractivity contribution in [1.82, 2.24) is 5.32 Å². The first-order valence-corrected chi connectivity index (χ1v) is 6.53. The summed E-state index contributed by atoms with van der Waals surface area (Å²) in [4.78, 5) is 11.0. The molecule has 1 unspecified atom stereocenters. The van der Waals surface area contributed by atoms with Gasteiger partial charge in [-0.3, -0.25) is 4.79 Å². The molecule has 1 aromatic carbocycles. The Morgan fingerprint density at radius 2 is 2.37 bits per heavy atom. The van der Waals surface area contributed by atoms with E-state index in [0.717, 1.165) is 32.6 Å². The number of amides is 1. The number of halogens is 1. The smallest absolute Gasteiger partial charge is 0.248 e. The van der Waals surface area contributed by atoms with Gasteiger partial charge in [0.05, 0.1) is 6.61 Å². The monoisotopic (exact) mass is 266 g/mol. The number of benzene rings is 1. The minimum Gasteiger partial charge on any atom is -0.381 e. The topological polar surface area (TPSA) is 64.4 Å². The van der Waals surface area contributed by atoms with Crippen molar-refractivity contribution in [3.63, 3.8) is 0 Å². The second-order valence-corrected chi connectivity index (χ2v) is 4.88. The van der Waals surface area contributed by atoms with Crippen LogP contribution in [-0.4, -0.2) is 25.7 Å². The lowest BCUT2D eigenvalue weighted by molar-refractivity contribution is 0.0547. The van der Waals surface area contributed by atoms with Crippen LogP contribution in [0.5, 0.6) is 0 Å². The Morgan fingerprint density at radius 1 is 1.53 bits per heavy atom. The van der Waals surface area contributed by atoms with E-state index in [1.807, 2.05) is 0 Å². The van der Waals surface area contributed by atoms with Crippen molar-refractivity contribution in [3.05, 3.63) is 35.1 Å². The fourth-order valence-electron chi connectivity index (χ4n) is 2.24. The van der Waals surface area contributed by atoms with Gasteiger partial charge in [0.1, 0.15) is 5.82 Å². The minimum atomic E-state index is -0.540. The highest BCUT2D eigenvalue weighted by atomic mass is 19.1. The number of carbonyl (C=O) groups excluding carboxylic acids is 1. The maximum atomic E-state index is 13.6. The lowest BCUT2D eigenvalue weighted by Gasteiger charge is -2.22. The molecular formula is C14H19FN2O2. The highest BCUT2D eigenvalue weighted by molar-refractivity contribution is 5.92. The second kappa shape index (κ2) is 6.63. The molecule has 3 N–H and O–H groups in total. The van der Waals surface area contributed by atoms with Gasteiger partial charge < -0.3 is 15.8 Å². The minimum absolute atomic E-state index is 0.322. The number of nitrogens with one attached hydrogen (secondary N) is 1. The molecule has 19 heavy (non-hydrogen) atoms. The molecule has 5 heteroatoms. The van der Waals surface area contributed by atoms with Crippen LogP contribution in [0.25, 0.3) is 0 Å². The molecule has 4 nitrogen and oxygen atoms in total. The maximum Gasteiger partial charge on any atom is 0.248 e. The van der Waals surface area contributed by atoms with E-state index in [1.165, 1.54) is 18.2 Å². The molecule has 0 aromatic heterocycles. The molecule has 0 radical (unpaired) electrons. The molecule has 1 aliphatic heterocycles. The Bertz CT molecular complexity index is 445. The number of hydrogen-bond donors (Lipinski definition) is 2. The van der Waals surface area contributed by atoms with Crippen molar-refractivity contribution >= 4 is 5.91 Å². The molecule has 0 spiro atoms. The summed E-state index contributed by atoms with van der Waals surface area (Å²) in [5.41, 5.74) is 5.98. The molecule has 1 aliphatic rings. The summed E-state index contributed by atoms with van der Waals surface area (Å²) in [5, 5.41) is 3.21. The number of primary amides is 1. The molecule has 0 bridgehead atoms. The van der Waals surface area contributed by atoms with Crippen LogP contribution in [0.1, 0.15) is 28.8 Å². The zero-order valence-electron chi connectivity index (χ0n) is 10.8. The summed E-state index contributed by atoms with van der Waals surface area (Å²) in [6.45, 7) is 2.78. The van der Waals surface area contributed by atoms with E-state index >= 15 is 0 Å². The van der Waals surface area contributed by atoms with Crippen molar-refractivity contribution in [2.45, 2.75) is 19.4 Å². The predicted molar refractivity (Wildman–Crippen MR) is 70.2 cm³/mol. The first kappa shape index (κ1) is 14.0. The fraction of sp³-hybridized carbons (Fsp3) is 0.500. The Kier molecular flexibility index (Phi) is 4.87. The van der Waals surface area contributed by atoms with Crippen molar-refractivity contribution in [2.75, 3.05) is 19.8 Å².